The van der Waals surface area contributed by atoms with Crippen molar-refractivity contribution in [1.82, 2.24) is 14.7 Å². The fourth-order valence-electron chi connectivity index (χ4n) is 2.37. The molecule has 7 heteroatoms. The third-order valence-corrected chi connectivity index (χ3v) is 5.52. The Morgan fingerprint density at radius 3 is 2.90 bits per heavy atom. The average Bonchev–Trinajstić information content (AvgIpc) is 3.10. The van der Waals surface area contributed by atoms with Gasteiger partial charge in [0.1, 0.15) is 9.71 Å². The Morgan fingerprint density at radius 2 is 2.29 bits per heavy atom. The maximum Gasteiger partial charge on any atom is 0.266 e. The van der Waals surface area contributed by atoms with Gasteiger partial charge in [-0.25, -0.2) is 0 Å². The predicted octanol–water partition coefficient (Wildman–Crippen LogP) is 2.86. The third kappa shape index (κ3) is 2.32. The normalized spacial score (nSPS) is 11.2. The SMILES string of the molecule is Cc1nn(C)c2sc(C(=O)N(C)Cc3cccs3)c(N)c12. The van der Waals surface area contributed by atoms with Gasteiger partial charge in [-0.1, -0.05) is 6.07 Å². The second-order valence-electron chi connectivity index (χ2n) is 4.97. The lowest BCUT2D eigenvalue weighted by Crippen LogP contribution is -2.25. The van der Waals surface area contributed by atoms with Crippen molar-refractivity contribution in [3.63, 3.8) is 0 Å². The predicted molar refractivity (Wildman–Crippen MR) is 87.9 cm³/mol. The number of hydrogen-bond acceptors (Lipinski definition) is 5. The van der Waals surface area contributed by atoms with Gasteiger partial charge in [0, 0.05) is 19.0 Å². The van der Waals surface area contributed by atoms with Crippen molar-refractivity contribution in [2.75, 3.05) is 12.8 Å². The highest BCUT2D eigenvalue weighted by atomic mass is 32.1. The summed E-state index contributed by atoms with van der Waals surface area (Å²) in [6.45, 7) is 2.51. The largest absolute Gasteiger partial charge is 0.397 e. The molecule has 5 nitrogen and oxygen atoms in total. The molecule has 110 valence electrons. The average molecular weight is 320 g/mol. The summed E-state index contributed by atoms with van der Waals surface area (Å²) >= 11 is 3.05. The maximum absolute atomic E-state index is 12.6. The van der Waals surface area contributed by atoms with Crippen LogP contribution in [0.4, 0.5) is 5.69 Å². The first kappa shape index (κ1) is 14.1. The van der Waals surface area contributed by atoms with Crippen molar-refractivity contribution in [2.45, 2.75) is 13.5 Å². The van der Waals surface area contributed by atoms with Crippen molar-refractivity contribution in [2.24, 2.45) is 7.05 Å². The van der Waals surface area contributed by atoms with Crippen LogP contribution in [-0.2, 0) is 13.6 Å². The van der Waals surface area contributed by atoms with Crippen LogP contribution in [0.15, 0.2) is 17.5 Å². The van der Waals surface area contributed by atoms with Gasteiger partial charge in [-0.05, 0) is 18.4 Å². The zero-order chi connectivity index (χ0) is 15.1. The Labute approximate surface area is 130 Å². The van der Waals surface area contributed by atoms with Crippen LogP contribution in [0.5, 0.6) is 0 Å². The minimum Gasteiger partial charge on any atom is -0.397 e. The number of nitrogens with two attached hydrogens (primary N) is 1. The van der Waals surface area contributed by atoms with Crippen molar-refractivity contribution in [3.05, 3.63) is 33.0 Å². The zero-order valence-electron chi connectivity index (χ0n) is 12.1. The van der Waals surface area contributed by atoms with E-state index in [1.807, 2.05) is 31.5 Å². The number of anilines is 1. The number of hydrogen-bond donors (Lipinski definition) is 1. The summed E-state index contributed by atoms with van der Waals surface area (Å²) in [5.41, 5.74) is 7.58. The molecule has 0 aromatic carbocycles. The molecule has 0 aliphatic carbocycles. The number of amides is 1. The molecule has 0 radical (unpaired) electrons. The number of carbonyl (C=O) groups is 1. The third-order valence-electron chi connectivity index (χ3n) is 3.40. The van der Waals surface area contributed by atoms with Gasteiger partial charge in [-0.2, -0.15) is 5.10 Å². The quantitative estimate of drug-likeness (QED) is 0.807. The lowest BCUT2D eigenvalue weighted by molar-refractivity contribution is 0.0792. The lowest BCUT2D eigenvalue weighted by Gasteiger charge is -2.15. The highest BCUT2D eigenvalue weighted by Gasteiger charge is 2.23. The molecule has 3 heterocycles. The number of aromatic nitrogens is 2. The van der Waals surface area contributed by atoms with Gasteiger partial charge in [-0.3, -0.25) is 9.48 Å². The molecule has 0 aliphatic heterocycles. The number of aryl methyl sites for hydroxylation is 2. The molecule has 0 saturated heterocycles. The van der Waals surface area contributed by atoms with E-state index < -0.39 is 0 Å². The molecule has 3 rings (SSSR count). The highest BCUT2D eigenvalue weighted by Crippen LogP contribution is 2.36. The van der Waals surface area contributed by atoms with Gasteiger partial charge in [0.2, 0.25) is 0 Å². The van der Waals surface area contributed by atoms with E-state index in [1.165, 1.54) is 11.3 Å². The Bertz CT molecular complexity index is 801. The minimum absolute atomic E-state index is 0.0403. The second kappa shape index (κ2) is 5.16. The molecule has 0 saturated carbocycles. The number of nitrogen functional groups attached to an aromatic ring is 1. The summed E-state index contributed by atoms with van der Waals surface area (Å²) in [5.74, 6) is -0.0403. The highest BCUT2D eigenvalue weighted by molar-refractivity contribution is 7.21. The van der Waals surface area contributed by atoms with Crippen molar-refractivity contribution in [1.29, 1.82) is 0 Å². The van der Waals surface area contributed by atoms with E-state index in [2.05, 4.69) is 5.10 Å². The molecule has 0 aliphatic rings. The maximum atomic E-state index is 12.6. The van der Waals surface area contributed by atoms with Crippen LogP contribution in [0, 0.1) is 6.92 Å². The molecule has 21 heavy (non-hydrogen) atoms. The Kier molecular flexibility index (Phi) is 3.46. The summed E-state index contributed by atoms with van der Waals surface area (Å²) < 4.78 is 1.78. The topological polar surface area (TPSA) is 64.2 Å². The van der Waals surface area contributed by atoms with Crippen LogP contribution in [-0.4, -0.2) is 27.6 Å². The number of rotatable bonds is 3. The van der Waals surface area contributed by atoms with Crippen LogP contribution in [0.25, 0.3) is 10.2 Å². The first-order chi connectivity index (χ1) is 9.99. The van der Waals surface area contributed by atoms with E-state index in [0.29, 0.717) is 17.1 Å². The second-order valence-corrected chi connectivity index (χ2v) is 7.01. The Morgan fingerprint density at radius 1 is 1.52 bits per heavy atom. The fourth-order valence-corrected chi connectivity index (χ4v) is 4.31. The van der Waals surface area contributed by atoms with Crippen LogP contribution < -0.4 is 5.73 Å². The van der Waals surface area contributed by atoms with Crippen molar-refractivity contribution in [3.8, 4) is 0 Å². The molecule has 0 bridgehead atoms. The molecule has 1 amide bonds. The summed E-state index contributed by atoms with van der Waals surface area (Å²) in [7, 11) is 3.67. The van der Waals surface area contributed by atoms with Gasteiger partial charge in [0.25, 0.3) is 5.91 Å². The van der Waals surface area contributed by atoms with Crippen LogP contribution in [0.3, 0.4) is 0 Å². The number of nitrogens with zero attached hydrogens (tertiary/aromatic N) is 3. The molecule has 0 fully saturated rings. The van der Waals surface area contributed by atoms with Gasteiger partial charge in [0.05, 0.1) is 23.3 Å². The standard InChI is InChI=1S/C14H16N4OS2/c1-8-10-11(15)12(21-14(10)18(3)16-8)13(19)17(2)7-9-5-4-6-20-9/h4-6H,7,15H2,1-3H3. The van der Waals surface area contributed by atoms with E-state index >= 15 is 0 Å². The van der Waals surface area contributed by atoms with Gasteiger partial charge in [-0.15, -0.1) is 22.7 Å². The summed E-state index contributed by atoms with van der Waals surface area (Å²) in [4.78, 5) is 17.0. The van der Waals surface area contributed by atoms with Crippen molar-refractivity contribution >= 4 is 44.5 Å². The van der Waals surface area contributed by atoms with Crippen LogP contribution in [0.1, 0.15) is 20.2 Å². The molecule has 0 atom stereocenters. The van der Waals surface area contributed by atoms with Gasteiger partial charge < -0.3 is 10.6 Å². The molecular weight excluding hydrogens is 304 g/mol. The lowest BCUT2D eigenvalue weighted by atomic mass is 10.2. The van der Waals surface area contributed by atoms with E-state index in [1.54, 1.807) is 28.0 Å². The Balaban J connectivity index is 1.94. The van der Waals surface area contributed by atoms with Crippen LogP contribution >= 0.6 is 22.7 Å². The van der Waals surface area contributed by atoms with E-state index in [4.69, 9.17) is 5.73 Å². The molecule has 2 N–H and O–H groups in total. The summed E-state index contributed by atoms with van der Waals surface area (Å²) in [6, 6.07) is 4.01. The van der Waals surface area contributed by atoms with E-state index in [9.17, 15) is 4.79 Å². The first-order valence-corrected chi connectivity index (χ1v) is 8.18. The summed E-state index contributed by atoms with van der Waals surface area (Å²) in [6.07, 6.45) is 0. The fraction of sp³-hybridized carbons (Fsp3) is 0.286. The number of carbonyl (C=O) groups excluding carboxylic acids is 1. The molecule has 0 unspecified atom stereocenters. The minimum atomic E-state index is -0.0403. The van der Waals surface area contributed by atoms with Gasteiger partial charge in [0.15, 0.2) is 0 Å². The zero-order valence-corrected chi connectivity index (χ0v) is 13.7. The van der Waals surface area contributed by atoms with E-state index in [0.717, 1.165) is 20.8 Å². The molecule has 0 spiro atoms. The molecule has 3 aromatic rings. The molecule has 3 aromatic heterocycles. The van der Waals surface area contributed by atoms with Crippen molar-refractivity contribution < 1.29 is 4.79 Å². The smallest absolute Gasteiger partial charge is 0.266 e. The molecular formula is C14H16N4OS2. The number of thiophene rings is 2. The summed E-state index contributed by atoms with van der Waals surface area (Å²) in [5, 5.41) is 7.25. The first-order valence-electron chi connectivity index (χ1n) is 6.48. The monoisotopic (exact) mass is 320 g/mol. The number of fused-ring (bicyclic) bond motifs is 1. The van der Waals surface area contributed by atoms with Crippen LogP contribution in [0.2, 0.25) is 0 Å². The van der Waals surface area contributed by atoms with Gasteiger partial charge >= 0.3 is 0 Å². The Hall–Kier alpha value is -1.86. The van der Waals surface area contributed by atoms with E-state index in [-0.39, 0.29) is 5.91 Å².